The van der Waals surface area contributed by atoms with E-state index in [9.17, 15) is 18.3 Å². The van der Waals surface area contributed by atoms with Gasteiger partial charge in [-0.15, -0.1) is 0 Å². The summed E-state index contributed by atoms with van der Waals surface area (Å²) in [7, 11) is -3.66. The second-order valence-corrected chi connectivity index (χ2v) is 19.2. The number of benzene rings is 2. The highest BCUT2D eigenvalue weighted by Crippen LogP contribution is 2.38. The lowest BCUT2D eigenvalue weighted by Gasteiger charge is -2.36. The number of carbonyl (C=O) groups is 1. The molecule has 0 aliphatic carbocycles. The molecule has 1 aromatic heterocycles. The zero-order chi connectivity index (χ0) is 32.9. The highest BCUT2D eigenvalue weighted by Gasteiger charge is 2.37. The maximum atomic E-state index is 15.6. The van der Waals surface area contributed by atoms with Crippen molar-refractivity contribution in [2.45, 2.75) is 63.2 Å². The molecule has 16 heteroatoms. The lowest BCUT2D eigenvalue weighted by Crippen LogP contribution is -2.41. The molecule has 1 heterocycles. The molecular formula is C28H38ClFN4O7S2Si. The number of sulfonamides is 1. The Balaban J connectivity index is 1.88. The van der Waals surface area contributed by atoms with E-state index in [1.165, 1.54) is 20.5 Å². The predicted octanol–water partition coefficient (Wildman–Crippen LogP) is 7.03. The molecule has 0 aliphatic rings. The zero-order valence-corrected chi connectivity index (χ0v) is 29.1. The van der Waals surface area contributed by atoms with E-state index >= 15 is 4.39 Å². The average Bonchev–Trinajstić information content (AvgIpc) is 3.48. The molecule has 44 heavy (non-hydrogen) atoms. The number of amides is 1. The summed E-state index contributed by atoms with van der Waals surface area (Å²) in [5.41, 5.74) is 0.282. The zero-order valence-electron chi connectivity index (χ0n) is 25.8. The summed E-state index contributed by atoms with van der Waals surface area (Å²) >= 11 is 7.24. The largest absolute Gasteiger partial charge is 0.497 e. The van der Waals surface area contributed by atoms with Crippen LogP contribution in [0.5, 0.6) is 11.5 Å². The fourth-order valence-electron chi connectivity index (χ4n) is 3.95. The Labute approximate surface area is 267 Å². The van der Waals surface area contributed by atoms with Crippen LogP contribution in [0.4, 0.5) is 20.0 Å². The van der Waals surface area contributed by atoms with Gasteiger partial charge in [0.1, 0.15) is 28.5 Å². The highest BCUT2D eigenvalue weighted by atomic mass is 35.5. The van der Waals surface area contributed by atoms with Gasteiger partial charge in [-0.05, 0) is 49.2 Å². The van der Waals surface area contributed by atoms with E-state index in [1.807, 2.05) is 0 Å². The Morgan fingerprint density at radius 1 is 1.14 bits per heavy atom. The summed E-state index contributed by atoms with van der Waals surface area (Å²) in [5, 5.41) is 9.66. The molecule has 0 radical (unpaired) electrons. The van der Waals surface area contributed by atoms with Crippen LogP contribution in [0.1, 0.15) is 39.2 Å². The topological polar surface area (TPSA) is 131 Å². The summed E-state index contributed by atoms with van der Waals surface area (Å²) < 4.78 is 65.0. The minimum atomic E-state index is -4.61. The Morgan fingerprint density at radius 2 is 1.84 bits per heavy atom. The lowest BCUT2D eigenvalue weighted by atomic mass is 10.2. The Bertz CT molecular complexity index is 1550. The SMILES string of the molecule is COc1ccc(CN(c2ncns2)S(=O)(=O)c2cc(Cl)c(N(CCCCO[Si](C)(C)C(C)(C)C)C(=O)O)cc2F)c(OC)c1. The lowest BCUT2D eigenvalue weighted by molar-refractivity contribution is 0.201. The van der Waals surface area contributed by atoms with E-state index in [4.69, 9.17) is 25.5 Å². The fourth-order valence-corrected chi connectivity index (χ4v) is 7.57. The molecule has 0 atom stereocenters. The van der Waals surface area contributed by atoms with E-state index in [2.05, 4.69) is 43.2 Å². The number of unbranched alkanes of at least 4 members (excludes halogenated alkanes) is 1. The third-order valence-corrected chi connectivity index (χ3v) is 14.9. The van der Waals surface area contributed by atoms with E-state index in [-0.39, 0.29) is 34.0 Å². The highest BCUT2D eigenvalue weighted by molar-refractivity contribution is 7.93. The van der Waals surface area contributed by atoms with Crippen molar-refractivity contribution in [2.75, 3.05) is 36.6 Å². The van der Waals surface area contributed by atoms with Crippen molar-refractivity contribution < 1.29 is 36.6 Å². The fraction of sp³-hybridized carbons (Fsp3) is 0.464. The average molecular weight is 689 g/mol. The summed E-state index contributed by atoms with van der Waals surface area (Å²) in [6.45, 7) is 10.9. The molecular weight excluding hydrogens is 651 g/mol. The first-order valence-electron chi connectivity index (χ1n) is 13.7. The quantitative estimate of drug-likeness (QED) is 0.140. The molecule has 11 nitrogen and oxygen atoms in total. The van der Waals surface area contributed by atoms with Crippen molar-refractivity contribution >= 4 is 58.4 Å². The van der Waals surface area contributed by atoms with Crippen LogP contribution in [-0.2, 0) is 21.0 Å². The van der Waals surface area contributed by atoms with Crippen molar-refractivity contribution in [1.82, 2.24) is 9.36 Å². The van der Waals surface area contributed by atoms with Crippen molar-refractivity contribution in [3.8, 4) is 11.5 Å². The minimum absolute atomic E-state index is 0.00955. The van der Waals surface area contributed by atoms with Crippen LogP contribution in [0.15, 0.2) is 41.6 Å². The van der Waals surface area contributed by atoms with E-state index in [1.54, 1.807) is 18.2 Å². The van der Waals surface area contributed by atoms with Gasteiger partial charge >= 0.3 is 6.09 Å². The maximum absolute atomic E-state index is 15.6. The van der Waals surface area contributed by atoms with Gasteiger partial charge in [0.2, 0.25) is 5.13 Å². The second kappa shape index (κ2) is 14.4. The van der Waals surface area contributed by atoms with Crippen molar-refractivity contribution in [1.29, 1.82) is 0 Å². The van der Waals surface area contributed by atoms with Gasteiger partial charge in [-0.3, -0.25) is 4.90 Å². The number of hydrogen-bond acceptors (Lipinski definition) is 9. The number of nitrogens with zero attached hydrogens (tertiary/aromatic N) is 4. The molecule has 0 saturated heterocycles. The second-order valence-electron chi connectivity index (χ2n) is 11.4. The molecule has 0 bridgehead atoms. The molecule has 0 spiro atoms. The molecule has 0 fully saturated rings. The Kier molecular flexibility index (Phi) is 11.6. The van der Waals surface area contributed by atoms with Crippen molar-refractivity contribution in [2.24, 2.45) is 0 Å². The Morgan fingerprint density at radius 3 is 2.41 bits per heavy atom. The predicted molar refractivity (Wildman–Crippen MR) is 172 cm³/mol. The van der Waals surface area contributed by atoms with Gasteiger partial charge in [0.15, 0.2) is 8.32 Å². The van der Waals surface area contributed by atoms with Crippen molar-refractivity contribution in [3.63, 3.8) is 0 Å². The van der Waals surface area contributed by atoms with Gasteiger partial charge in [-0.25, -0.2) is 26.9 Å². The van der Waals surface area contributed by atoms with Crippen LogP contribution in [0.3, 0.4) is 0 Å². The third-order valence-electron chi connectivity index (χ3n) is 7.51. The molecule has 2 aromatic carbocycles. The molecule has 0 saturated carbocycles. The normalized spacial score (nSPS) is 12.2. The number of methoxy groups -OCH3 is 2. The van der Waals surface area contributed by atoms with Gasteiger partial charge < -0.3 is 19.0 Å². The number of anilines is 2. The van der Waals surface area contributed by atoms with Crippen LogP contribution >= 0.6 is 23.1 Å². The summed E-state index contributed by atoms with van der Waals surface area (Å²) in [6, 6.07) is 6.58. The molecule has 0 unspecified atom stereocenters. The van der Waals surface area contributed by atoms with E-state index in [0.29, 0.717) is 36.5 Å². The van der Waals surface area contributed by atoms with Crippen LogP contribution in [0, 0.1) is 5.82 Å². The monoisotopic (exact) mass is 688 g/mol. The molecule has 0 aliphatic heterocycles. The van der Waals surface area contributed by atoms with Gasteiger partial charge in [0.05, 0.1) is 31.5 Å². The van der Waals surface area contributed by atoms with E-state index < -0.39 is 35.1 Å². The minimum Gasteiger partial charge on any atom is -0.497 e. The van der Waals surface area contributed by atoms with Gasteiger partial charge in [0.25, 0.3) is 10.0 Å². The smallest absolute Gasteiger partial charge is 0.411 e. The summed E-state index contributed by atoms with van der Waals surface area (Å²) in [6.07, 6.45) is 0.832. The first kappa shape index (κ1) is 35.5. The summed E-state index contributed by atoms with van der Waals surface area (Å²) in [4.78, 5) is 16.3. The number of aromatic nitrogens is 2. The van der Waals surface area contributed by atoms with Crippen LogP contribution in [0.2, 0.25) is 23.2 Å². The third kappa shape index (κ3) is 8.18. The van der Waals surface area contributed by atoms with Crippen LogP contribution in [-0.4, -0.2) is 64.7 Å². The standard InChI is InChI=1S/C28H38ClFN4O7S2Si/c1-28(2,3)44(6,7)41-13-9-8-12-33(27(35)36)23-16-22(30)25(15-21(23)29)43(37,38)34(26-31-18-32-42-26)17-19-10-11-20(39-4)14-24(19)40-5/h10-11,14-16,18H,8-9,12-13,17H2,1-7H3,(H,35,36). The molecule has 3 aromatic rings. The van der Waals surface area contributed by atoms with E-state index in [0.717, 1.165) is 32.9 Å². The van der Waals surface area contributed by atoms with Crippen molar-refractivity contribution in [3.05, 3.63) is 53.1 Å². The first-order valence-corrected chi connectivity index (χ1v) is 19.2. The number of ether oxygens (including phenoxy) is 2. The van der Waals surface area contributed by atoms with Crippen LogP contribution in [0.25, 0.3) is 0 Å². The summed E-state index contributed by atoms with van der Waals surface area (Å²) in [5.74, 6) is -0.335. The molecule has 1 N–H and O–H groups in total. The number of halogens is 2. The molecule has 242 valence electrons. The first-order chi connectivity index (χ1) is 20.5. The van der Waals surface area contributed by atoms with Gasteiger partial charge in [0, 0.05) is 42.4 Å². The number of hydrogen-bond donors (Lipinski definition) is 1. The molecule has 1 amide bonds. The van der Waals surface area contributed by atoms with Crippen LogP contribution < -0.4 is 18.7 Å². The maximum Gasteiger partial charge on any atom is 0.411 e. The Hall–Kier alpha value is -2.98. The number of carboxylic acid groups (broad SMARTS) is 1. The molecule has 3 rings (SSSR count). The number of rotatable bonds is 14. The van der Waals surface area contributed by atoms with Gasteiger partial charge in [-0.2, -0.15) is 4.37 Å². The van der Waals surface area contributed by atoms with Gasteiger partial charge in [-0.1, -0.05) is 32.4 Å².